The third-order valence-electron chi connectivity index (χ3n) is 4.20. The van der Waals surface area contributed by atoms with Crippen molar-refractivity contribution in [2.75, 3.05) is 0 Å². The predicted molar refractivity (Wildman–Crippen MR) is 88.9 cm³/mol. The molecule has 2 aromatic rings. The molecule has 1 saturated carbocycles. The second-order valence-electron chi connectivity index (χ2n) is 5.80. The van der Waals surface area contributed by atoms with Gasteiger partial charge in [0.25, 0.3) is 5.91 Å². The number of rotatable bonds is 4. The lowest BCUT2D eigenvalue weighted by molar-refractivity contribution is 0.0992. The normalized spacial score (nSPS) is 16.7. The van der Waals surface area contributed by atoms with E-state index in [2.05, 4.69) is 4.72 Å². The summed E-state index contributed by atoms with van der Waals surface area (Å²) in [6, 6.07) is 6.57. The molecule has 1 aromatic carbocycles. The first kappa shape index (κ1) is 16.3. The molecule has 0 aliphatic heterocycles. The lowest BCUT2D eigenvalue weighted by atomic mass is 9.96. The number of amides is 1. The molecule has 1 fully saturated rings. The van der Waals surface area contributed by atoms with Gasteiger partial charge in [-0.25, -0.2) is 17.2 Å². The molecule has 124 valence electrons. The van der Waals surface area contributed by atoms with Gasteiger partial charge in [-0.2, -0.15) is 0 Å². The maximum absolute atomic E-state index is 12.9. The number of hydrogen-bond acceptors (Lipinski definition) is 3. The third kappa shape index (κ3) is 2.96. The van der Waals surface area contributed by atoms with Crippen molar-refractivity contribution >= 4 is 38.6 Å². The highest BCUT2D eigenvalue weighted by molar-refractivity contribution is 7.89. The molecule has 0 unspecified atom stereocenters. The van der Waals surface area contributed by atoms with Gasteiger partial charge in [-0.3, -0.25) is 4.79 Å². The van der Waals surface area contributed by atoms with Crippen LogP contribution in [0, 0.1) is 0 Å². The fourth-order valence-electron chi connectivity index (χ4n) is 3.15. The number of para-hydroxylation sites is 1. The zero-order valence-corrected chi connectivity index (χ0v) is 14.0. The first-order chi connectivity index (χ1) is 10.9. The van der Waals surface area contributed by atoms with E-state index in [1.54, 1.807) is 24.3 Å². The number of benzene rings is 1. The average molecular weight is 356 g/mol. The van der Waals surface area contributed by atoms with E-state index in [1.165, 1.54) is 0 Å². The van der Waals surface area contributed by atoms with Crippen LogP contribution in [0.5, 0.6) is 0 Å². The zero-order chi connectivity index (χ0) is 16.6. The minimum Gasteiger partial charge on any atom is -0.364 e. The fourth-order valence-corrected chi connectivity index (χ4v) is 5.22. The number of sulfonamides is 1. The van der Waals surface area contributed by atoms with E-state index in [1.807, 2.05) is 0 Å². The van der Waals surface area contributed by atoms with Crippen LogP contribution in [0.2, 0.25) is 0 Å². The summed E-state index contributed by atoms with van der Waals surface area (Å²) in [5, 5.41) is 0.389. The molecule has 3 N–H and O–H groups in total. The summed E-state index contributed by atoms with van der Waals surface area (Å²) in [4.78, 5) is 11.6. The number of nitrogens with two attached hydrogens (primary N) is 1. The molecule has 3 rings (SSSR count). The molecule has 23 heavy (non-hydrogen) atoms. The Kier molecular flexibility index (Phi) is 4.35. The molecule has 6 nitrogen and oxygen atoms in total. The van der Waals surface area contributed by atoms with E-state index >= 15 is 0 Å². The van der Waals surface area contributed by atoms with Crippen molar-refractivity contribution in [3.63, 3.8) is 0 Å². The smallest absolute Gasteiger partial charge is 0.268 e. The Labute approximate surface area is 139 Å². The zero-order valence-electron chi connectivity index (χ0n) is 12.5. The van der Waals surface area contributed by atoms with Crippen LogP contribution in [0.4, 0.5) is 0 Å². The van der Waals surface area contributed by atoms with Crippen molar-refractivity contribution in [3.05, 3.63) is 30.0 Å². The lowest BCUT2D eigenvalue weighted by Crippen LogP contribution is -2.37. The quantitative estimate of drug-likeness (QED) is 0.881. The number of hydrogen-bond donors (Lipinski definition) is 2. The molecule has 1 aliphatic carbocycles. The highest BCUT2D eigenvalue weighted by atomic mass is 35.5. The predicted octanol–water partition coefficient (Wildman–Crippen LogP) is 2.35. The summed E-state index contributed by atoms with van der Waals surface area (Å²) < 4.78 is 29.4. The van der Waals surface area contributed by atoms with Crippen molar-refractivity contribution in [2.24, 2.45) is 5.73 Å². The largest absolute Gasteiger partial charge is 0.364 e. The molecule has 0 saturated heterocycles. The molecule has 1 aromatic heterocycles. The van der Waals surface area contributed by atoms with Gasteiger partial charge in [0.05, 0.1) is 5.52 Å². The van der Waals surface area contributed by atoms with E-state index in [0.717, 1.165) is 36.2 Å². The van der Waals surface area contributed by atoms with E-state index in [-0.39, 0.29) is 16.6 Å². The Morgan fingerprint density at radius 2 is 1.87 bits per heavy atom. The monoisotopic (exact) mass is 355 g/mol. The fraction of sp³-hybridized carbons (Fsp3) is 0.400. The average Bonchev–Trinajstić information content (AvgIpc) is 2.82. The summed E-state index contributed by atoms with van der Waals surface area (Å²) in [5.74, 6) is -0.875. The van der Waals surface area contributed by atoms with Crippen molar-refractivity contribution in [2.45, 2.75) is 43.0 Å². The van der Waals surface area contributed by atoms with Gasteiger partial charge in [-0.15, -0.1) is 0 Å². The van der Waals surface area contributed by atoms with E-state index in [4.69, 9.17) is 17.5 Å². The lowest BCUT2D eigenvalue weighted by Gasteiger charge is -2.22. The Hall–Kier alpha value is -1.57. The molecule has 0 radical (unpaired) electrons. The number of primary amides is 1. The van der Waals surface area contributed by atoms with Gasteiger partial charge in [-0.1, -0.05) is 37.5 Å². The second-order valence-corrected chi connectivity index (χ2v) is 7.79. The Balaban J connectivity index is 2.13. The van der Waals surface area contributed by atoms with Crippen molar-refractivity contribution in [1.29, 1.82) is 0 Å². The van der Waals surface area contributed by atoms with E-state index in [9.17, 15) is 13.2 Å². The molecular weight excluding hydrogens is 338 g/mol. The van der Waals surface area contributed by atoms with Gasteiger partial charge in [0, 0.05) is 23.2 Å². The molecule has 1 heterocycles. The Bertz CT molecular complexity index is 854. The third-order valence-corrected chi connectivity index (χ3v) is 6.15. The maximum Gasteiger partial charge on any atom is 0.268 e. The molecule has 1 aliphatic rings. The molecule has 0 bridgehead atoms. The van der Waals surface area contributed by atoms with Gasteiger partial charge >= 0.3 is 0 Å². The molecule has 8 heteroatoms. The first-order valence-electron chi connectivity index (χ1n) is 7.53. The van der Waals surface area contributed by atoms with Crippen molar-refractivity contribution < 1.29 is 13.2 Å². The molecular formula is C15H18ClN3O3S. The van der Waals surface area contributed by atoms with Crippen LogP contribution in [0.3, 0.4) is 0 Å². The van der Waals surface area contributed by atoms with Gasteiger partial charge in [0.1, 0.15) is 10.6 Å². The van der Waals surface area contributed by atoms with E-state index < -0.39 is 15.9 Å². The summed E-state index contributed by atoms with van der Waals surface area (Å²) in [5.41, 5.74) is 5.60. The van der Waals surface area contributed by atoms with Crippen LogP contribution in [-0.2, 0) is 10.0 Å². The number of aromatic nitrogens is 1. The topological polar surface area (TPSA) is 94.2 Å². The SMILES string of the molecule is NC(=O)c1c(S(=O)(=O)NC2CCCCC2)c2ccccc2n1Cl. The number of halogens is 1. The van der Waals surface area contributed by atoms with Crippen LogP contribution in [-0.4, -0.2) is 24.5 Å². The maximum atomic E-state index is 12.9. The molecule has 1 amide bonds. The summed E-state index contributed by atoms with van der Waals surface area (Å²) >= 11 is 6.13. The molecule has 0 spiro atoms. The minimum atomic E-state index is -3.90. The van der Waals surface area contributed by atoms with Crippen LogP contribution in [0.15, 0.2) is 29.2 Å². The Morgan fingerprint density at radius 3 is 2.52 bits per heavy atom. The number of fused-ring (bicyclic) bond motifs is 1. The Morgan fingerprint density at radius 1 is 1.22 bits per heavy atom. The number of carbonyl (C=O) groups excluding carboxylic acids is 1. The van der Waals surface area contributed by atoms with Crippen LogP contribution >= 0.6 is 11.8 Å². The first-order valence-corrected chi connectivity index (χ1v) is 9.35. The van der Waals surface area contributed by atoms with Gasteiger partial charge < -0.3 is 5.73 Å². The standard InChI is InChI=1S/C15H18ClN3O3S/c16-19-12-9-5-4-8-11(12)14(13(19)15(17)20)23(21,22)18-10-6-2-1-3-7-10/h4-5,8-10,18H,1-3,6-7H2,(H2,17,20). The summed E-state index contributed by atoms with van der Waals surface area (Å²) in [7, 11) is -3.90. The van der Waals surface area contributed by atoms with Crippen molar-refractivity contribution in [3.8, 4) is 0 Å². The van der Waals surface area contributed by atoms with Crippen molar-refractivity contribution in [1.82, 2.24) is 8.81 Å². The molecule has 0 atom stereocenters. The second kappa shape index (κ2) is 6.14. The number of nitrogens with zero attached hydrogens (tertiary/aromatic N) is 1. The highest BCUT2D eigenvalue weighted by Gasteiger charge is 2.31. The highest BCUT2D eigenvalue weighted by Crippen LogP contribution is 2.31. The number of carbonyl (C=O) groups is 1. The van der Waals surface area contributed by atoms with Gasteiger partial charge in [-0.05, 0) is 18.9 Å². The van der Waals surface area contributed by atoms with Crippen LogP contribution in [0.1, 0.15) is 42.6 Å². The minimum absolute atomic E-state index is 0.119. The number of nitrogens with one attached hydrogen (secondary N) is 1. The summed E-state index contributed by atoms with van der Waals surface area (Å²) in [6.07, 6.45) is 4.70. The van der Waals surface area contributed by atoms with E-state index in [0.29, 0.717) is 10.9 Å². The van der Waals surface area contributed by atoms with Gasteiger partial charge in [0.15, 0.2) is 0 Å². The van der Waals surface area contributed by atoms with Gasteiger partial charge in [0.2, 0.25) is 10.0 Å². The van der Waals surface area contributed by atoms with Crippen LogP contribution in [0.25, 0.3) is 10.9 Å². The summed E-state index contributed by atoms with van der Waals surface area (Å²) in [6.45, 7) is 0. The van der Waals surface area contributed by atoms with Crippen LogP contribution < -0.4 is 10.5 Å².